The lowest BCUT2D eigenvalue weighted by Gasteiger charge is -2.13. The van der Waals surface area contributed by atoms with Crippen LogP contribution in [0, 0.1) is 6.92 Å². The average molecular weight is 286 g/mol. The van der Waals surface area contributed by atoms with Crippen molar-refractivity contribution in [1.29, 1.82) is 0 Å². The number of hydrogen-bond acceptors (Lipinski definition) is 3. The molecule has 2 N–H and O–H groups in total. The van der Waals surface area contributed by atoms with Crippen LogP contribution in [0.1, 0.15) is 36.5 Å². The SMILES string of the molecule is Cc1ccc(C(C)C)cc1Oc1ncccc1C(N)=S. The molecule has 20 heavy (non-hydrogen) atoms. The van der Waals surface area contributed by atoms with E-state index in [0.717, 1.165) is 11.3 Å². The summed E-state index contributed by atoms with van der Waals surface area (Å²) in [6.07, 6.45) is 1.67. The van der Waals surface area contributed by atoms with E-state index < -0.39 is 0 Å². The van der Waals surface area contributed by atoms with Gasteiger partial charge in [0, 0.05) is 6.20 Å². The molecule has 1 heterocycles. The minimum atomic E-state index is 0.283. The van der Waals surface area contributed by atoms with Gasteiger partial charge in [-0.15, -0.1) is 0 Å². The number of aromatic nitrogens is 1. The predicted octanol–water partition coefficient (Wildman–Crippen LogP) is 3.94. The van der Waals surface area contributed by atoms with Gasteiger partial charge in [0.05, 0.1) is 5.56 Å². The maximum Gasteiger partial charge on any atom is 0.229 e. The molecule has 0 aliphatic rings. The molecule has 3 nitrogen and oxygen atoms in total. The summed E-state index contributed by atoms with van der Waals surface area (Å²) in [5.41, 5.74) is 8.62. The van der Waals surface area contributed by atoms with Crippen LogP contribution in [0.4, 0.5) is 0 Å². The number of benzene rings is 1. The molecule has 0 amide bonds. The fourth-order valence-electron chi connectivity index (χ4n) is 1.85. The zero-order chi connectivity index (χ0) is 14.7. The molecule has 2 aromatic rings. The van der Waals surface area contributed by atoms with Crippen molar-refractivity contribution in [3.8, 4) is 11.6 Å². The van der Waals surface area contributed by atoms with E-state index in [4.69, 9.17) is 22.7 Å². The Balaban J connectivity index is 2.40. The van der Waals surface area contributed by atoms with Gasteiger partial charge in [-0.25, -0.2) is 4.98 Å². The average Bonchev–Trinajstić information content (AvgIpc) is 2.41. The third-order valence-electron chi connectivity index (χ3n) is 3.12. The molecule has 4 heteroatoms. The van der Waals surface area contributed by atoms with Crippen LogP contribution in [0.3, 0.4) is 0 Å². The number of rotatable bonds is 4. The number of aryl methyl sites for hydroxylation is 1. The van der Waals surface area contributed by atoms with Gasteiger partial charge in [0.1, 0.15) is 10.7 Å². The van der Waals surface area contributed by atoms with E-state index >= 15 is 0 Å². The van der Waals surface area contributed by atoms with E-state index in [1.54, 1.807) is 12.3 Å². The van der Waals surface area contributed by atoms with Crippen molar-refractivity contribution in [1.82, 2.24) is 4.98 Å². The highest BCUT2D eigenvalue weighted by Gasteiger charge is 2.11. The van der Waals surface area contributed by atoms with Crippen LogP contribution >= 0.6 is 12.2 Å². The standard InChI is InChI=1S/C16H18N2OS/c1-10(2)12-7-6-11(3)14(9-12)19-16-13(15(17)20)5-4-8-18-16/h4-10H,1-3H3,(H2,17,20). The zero-order valence-electron chi connectivity index (χ0n) is 11.9. The summed E-state index contributed by atoms with van der Waals surface area (Å²) in [5.74, 6) is 1.67. The van der Waals surface area contributed by atoms with Gasteiger partial charge in [-0.05, 0) is 42.2 Å². The molecule has 2 rings (SSSR count). The quantitative estimate of drug-likeness (QED) is 0.865. The Morgan fingerprint density at radius 3 is 2.70 bits per heavy atom. The third-order valence-corrected chi connectivity index (χ3v) is 3.34. The van der Waals surface area contributed by atoms with Gasteiger partial charge >= 0.3 is 0 Å². The van der Waals surface area contributed by atoms with Gasteiger partial charge < -0.3 is 10.5 Å². The Morgan fingerprint density at radius 1 is 1.30 bits per heavy atom. The molecule has 0 saturated carbocycles. The Bertz CT molecular complexity index is 638. The summed E-state index contributed by atoms with van der Waals surface area (Å²) in [6.45, 7) is 6.30. The summed E-state index contributed by atoms with van der Waals surface area (Å²) in [4.78, 5) is 4.50. The number of nitrogens with two attached hydrogens (primary N) is 1. The van der Waals surface area contributed by atoms with Gasteiger partial charge in [0.2, 0.25) is 5.88 Å². The molecule has 1 aromatic carbocycles. The van der Waals surface area contributed by atoms with Crippen LogP contribution in [0.25, 0.3) is 0 Å². The zero-order valence-corrected chi connectivity index (χ0v) is 12.7. The summed E-state index contributed by atoms with van der Waals surface area (Å²) in [7, 11) is 0. The molecular formula is C16H18N2OS. The van der Waals surface area contributed by atoms with Crippen molar-refractivity contribution in [3.05, 3.63) is 53.2 Å². The van der Waals surface area contributed by atoms with Crippen molar-refractivity contribution in [2.45, 2.75) is 26.7 Å². The Morgan fingerprint density at radius 2 is 2.05 bits per heavy atom. The van der Waals surface area contributed by atoms with Gasteiger partial charge in [0.15, 0.2) is 0 Å². The van der Waals surface area contributed by atoms with Crippen LogP contribution in [0.2, 0.25) is 0 Å². The van der Waals surface area contributed by atoms with E-state index in [2.05, 4.69) is 24.9 Å². The Kier molecular flexibility index (Phi) is 4.35. The summed E-state index contributed by atoms with van der Waals surface area (Å²) < 4.78 is 5.91. The number of nitrogens with zero attached hydrogens (tertiary/aromatic N) is 1. The largest absolute Gasteiger partial charge is 0.438 e. The predicted molar refractivity (Wildman–Crippen MR) is 85.5 cm³/mol. The molecule has 1 aromatic heterocycles. The van der Waals surface area contributed by atoms with Crippen molar-refractivity contribution < 1.29 is 4.74 Å². The molecule has 0 bridgehead atoms. The molecular weight excluding hydrogens is 268 g/mol. The number of hydrogen-bond donors (Lipinski definition) is 1. The molecule has 0 spiro atoms. The van der Waals surface area contributed by atoms with Gasteiger partial charge in [-0.3, -0.25) is 0 Å². The first-order valence-electron chi connectivity index (χ1n) is 6.52. The first kappa shape index (κ1) is 14.5. The smallest absolute Gasteiger partial charge is 0.229 e. The molecule has 0 radical (unpaired) electrons. The van der Waals surface area contributed by atoms with Crippen molar-refractivity contribution in [2.75, 3.05) is 0 Å². The molecule has 0 aliphatic carbocycles. The summed E-state index contributed by atoms with van der Waals surface area (Å²) in [5, 5.41) is 0. The lowest BCUT2D eigenvalue weighted by molar-refractivity contribution is 0.457. The van der Waals surface area contributed by atoms with Crippen molar-refractivity contribution in [3.63, 3.8) is 0 Å². The highest BCUT2D eigenvalue weighted by molar-refractivity contribution is 7.80. The second-order valence-electron chi connectivity index (χ2n) is 5.00. The summed E-state index contributed by atoms with van der Waals surface area (Å²) >= 11 is 5.02. The highest BCUT2D eigenvalue weighted by atomic mass is 32.1. The number of thiocarbonyl (C=S) groups is 1. The monoisotopic (exact) mass is 286 g/mol. The van der Waals surface area contributed by atoms with E-state index in [1.807, 2.05) is 25.1 Å². The normalized spacial score (nSPS) is 10.6. The third kappa shape index (κ3) is 3.14. The van der Waals surface area contributed by atoms with Gasteiger partial charge in [0.25, 0.3) is 0 Å². The first-order valence-corrected chi connectivity index (χ1v) is 6.93. The minimum Gasteiger partial charge on any atom is -0.438 e. The Labute approximate surface area is 124 Å². The van der Waals surface area contributed by atoms with Crippen LogP contribution in [0.5, 0.6) is 11.6 Å². The topological polar surface area (TPSA) is 48.1 Å². The van der Waals surface area contributed by atoms with E-state index in [0.29, 0.717) is 17.4 Å². The lowest BCUT2D eigenvalue weighted by atomic mass is 10.0. The molecule has 0 aliphatic heterocycles. The van der Waals surface area contributed by atoms with Crippen molar-refractivity contribution in [2.24, 2.45) is 5.73 Å². The number of pyridine rings is 1. The highest BCUT2D eigenvalue weighted by Crippen LogP contribution is 2.29. The molecule has 0 saturated heterocycles. The minimum absolute atomic E-state index is 0.283. The lowest BCUT2D eigenvalue weighted by Crippen LogP contribution is -2.11. The first-order chi connectivity index (χ1) is 9.49. The molecule has 0 atom stereocenters. The second kappa shape index (κ2) is 6.01. The fourth-order valence-corrected chi connectivity index (χ4v) is 2.00. The van der Waals surface area contributed by atoms with Crippen LogP contribution in [-0.2, 0) is 0 Å². The molecule has 104 valence electrons. The van der Waals surface area contributed by atoms with E-state index in [-0.39, 0.29) is 4.99 Å². The van der Waals surface area contributed by atoms with Crippen LogP contribution in [-0.4, -0.2) is 9.97 Å². The number of ether oxygens (including phenoxy) is 1. The van der Waals surface area contributed by atoms with Gasteiger partial charge in [-0.2, -0.15) is 0 Å². The molecule has 0 fully saturated rings. The Hall–Kier alpha value is -1.94. The van der Waals surface area contributed by atoms with Crippen LogP contribution < -0.4 is 10.5 Å². The fraction of sp³-hybridized carbons (Fsp3) is 0.250. The maximum absolute atomic E-state index is 5.91. The second-order valence-corrected chi connectivity index (χ2v) is 5.44. The van der Waals surface area contributed by atoms with Crippen LogP contribution in [0.15, 0.2) is 36.5 Å². The maximum atomic E-state index is 5.91. The molecule has 0 unspecified atom stereocenters. The van der Waals surface area contributed by atoms with Crippen molar-refractivity contribution >= 4 is 17.2 Å². The van der Waals surface area contributed by atoms with E-state index in [9.17, 15) is 0 Å². The summed E-state index contributed by atoms with van der Waals surface area (Å²) in [6, 6.07) is 9.80. The van der Waals surface area contributed by atoms with E-state index in [1.165, 1.54) is 5.56 Å². The van der Waals surface area contributed by atoms with Gasteiger partial charge in [-0.1, -0.05) is 38.2 Å².